The molecule has 1 fully saturated rings. The first-order valence-corrected chi connectivity index (χ1v) is 8.68. The molecule has 0 aliphatic carbocycles. The lowest BCUT2D eigenvalue weighted by Crippen LogP contribution is -2.35. The summed E-state index contributed by atoms with van der Waals surface area (Å²) in [5.41, 5.74) is 0.373. The molecular formula is C17H20BrN3O3. The van der Waals surface area contributed by atoms with E-state index < -0.39 is 5.60 Å². The molecule has 2 heterocycles. The molecule has 1 saturated heterocycles. The van der Waals surface area contributed by atoms with E-state index in [1.807, 2.05) is 45.0 Å². The largest absolute Gasteiger partial charge is 0.444 e. The standard InChI is InChI=1S/C17H20BrN3O3/c1-17(2,3)24-16(22)21-8-7-12(10-21)15-20-19-14(23-15)11-5-4-6-13(18)9-11/h4-6,9,12H,7-8,10H2,1-3H3. The molecule has 1 aliphatic heterocycles. The van der Waals surface area contributed by atoms with E-state index >= 15 is 0 Å². The van der Waals surface area contributed by atoms with Crippen molar-refractivity contribution in [3.8, 4) is 11.5 Å². The number of hydrogen-bond acceptors (Lipinski definition) is 5. The highest BCUT2D eigenvalue weighted by Crippen LogP contribution is 2.30. The number of ether oxygens (including phenoxy) is 1. The van der Waals surface area contributed by atoms with E-state index in [1.54, 1.807) is 4.90 Å². The van der Waals surface area contributed by atoms with Crippen molar-refractivity contribution in [1.82, 2.24) is 15.1 Å². The van der Waals surface area contributed by atoms with E-state index in [2.05, 4.69) is 26.1 Å². The number of rotatable bonds is 2. The van der Waals surface area contributed by atoms with Gasteiger partial charge in [0.15, 0.2) is 0 Å². The molecule has 0 N–H and O–H groups in total. The molecule has 1 aliphatic rings. The zero-order valence-corrected chi connectivity index (χ0v) is 15.5. The molecule has 1 amide bonds. The Bertz CT molecular complexity index is 739. The molecule has 0 bridgehead atoms. The van der Waals surface area contributed by atoms with Gasteiger partial charge in [-0.05, 0) is 45.4 Å². The Morgan fingerprint density at radius 2 is 2.17 bits per heavy atom. The Morgan fingerprint density at radius 3 is 2.88 bits per heavy atom. The van der Waals surface area contributed by atoms with Crippen molar-refractivity contribution >= 4 is 22.0 Å². The van der Waals surface area contributed by atoms with Crippen LogP contribution in [0.1, 0.15) is 39.0 Å². The molecule has 7 heteroatoms. The predicted octanol–water partition coefficient (Wildman–Crippen LogP) is 4.22. The number of likely N-dealkylation sites (tertiary alicyclic amines) is 1. The van der Waals surface area contributed by atoms with Gasteiger partial charge in [0.1, 0.15) is 5.60 Å². The van der Waals surface area contributed by atoms with Gasteiger partial charge in [-0.2, -0.15) is 0 Å². The third-order valence-corrected chi connectivity index (χ3v) is 4.19. The fourth-order valence-electron chi connectivity index (χ4n) is 2.59. The Balaban J connectivity index is 1.68. The molecule has 1 unspecified atom stereocenters. The normalized spacial score (nSPS) is 18.0. The molecule has 1 atom stereocenters. The van der Waals surface area contributed by atoms with E-state index in [0.29, 0.717) is 24.9 Å². The number of amides is 1. The van der Waals surface area contributed by atoms with Crippen LogP contribution in [0, 0.1) is 0 Å². The van der Waals surface area contributed by atoms with E-state index in [1.165, 1.54) is 0 Å². The van der Waals surface area contributed by atoms with Crippen molar-refractivity contribution in [1.29, 1.82) is 0 Å². The second-order valence-corrected chi connectivity index (χ2v) is 7.78. The number of benzene rings is 1. The third kappa shape index (κ3) is 3.95. The Hall–Kier alpha value is -1.89. The second-order valence-electron chi connectivity index (χ2n) is 6.87. The topological polar surface area (TPSA) is 68.5 Å². The van der Waals surface area contributed by atoms with Gasteiger partial charge in [0, 0.05) is 23.1 Å². The maximum atomic E-state index is 12.1. The van der Waals surface area contributed by atoms with Gasteiger partial charge in [-0.25, -0.2) is 4.79 Å². The number of carbonyl (C=O) groups excluding carboxylic acids is 1. The molecule has 0 saturated carbocycles. The lowest BCUT2D eigenvalue weighted by Gasteiger charge is -2.24. The quantitative estimate of drug-likeness (QED) is 0.763. The molecule has 24 heavy (non-hydrogen) atoms. The minimum Gasteiger partial charge on any atom is -0.444 e. The van der Waals surface area contributed by atoms with Crippen LogP contribution in [0.5, 0.6) is 0 Å². The van der Waals surface area contributed by atoms with Gasteiger partial charge in [0.2, 0.25) is 11.8 Å². The van der Waals surface area contributed by atoms with Gasteiger partial charge in [-0.1, -0.05) is 22.0 Å². The first kappa shape index (κ1) is 17.0. The molecular weight excluding hydrogens is 374 g/mol. The van der Waals surface area contributed by atoms with E-state index in [9.17, 15) is 4.79 Å². The fraction of sp³-hybridized carbons (Fsp3) is 0.471. The van der Waals surface area contributed by atoms with Crippen LogP contribution in [0.4, 0.5) is 4.79 Å². The monoisotopic (exact) mass is 393 g/mol. The summed E-state index contributed by atoms with van der Waals surface area (Å²) in [7, 11) is 0. The van der Waals surface area contributed by atoms with Crippen LogP contribution in [0.15, 0.2) is 33.2 Å². The van der Waals surface area contributed by atoms with Crippen LogP contribution in [0.3, 0.4) is 0 Å². The third-order valence-electron chi connectivity index (χ3n) is 3.70. The summed E-state index contributed by atoms with van der Waals surface area (Å²) in [5.74, 6) is 1.10. The van der Waals surface area contributed by atoms with Gasteiger partial charge >= 0.3 is 6.09 Å². The first-order chi connectivity index (χ1) is 11.3. The highest BCUT2D eigenvalue weighted by molar-refractivity contribution is 9.10. The van der Waals surface area contributed by atoms with E-state index in [0.717, 1.165) is 16.5 Å². The van der Waals surface area contributed by atoms with Crippen molar-refractivity contribution in [3.63, 3.8) is 0 Å². The molecule has 0 spiro atoms. The van der Waals surface area contributed by atoms with Crippen LogP contribution < -0.4 is 0 Å². The molecule has 128 valence electrons. The summed E-state index contributed by atoms with van der Waals surface area (Å²) in [4.78, 5) is 13.8. The maximum absolute atomic E-state index is 12.1. The minimum atomic E-state index is -0.493. The smallest absolute Gasteiger partial charge is 0.410 e. The van der Waals surface area contributed by atoms with Crippen LogP contribution in [-0.2, 0) is 4.74 Å². The average molecular weight is 394 g/mol. The maximum Gasteiger partial charge on any atom is 0.410 e. The van der Waals surface area contributed by atoms with Crippen LogP contribution in [-0.4, -0.2) is 39.9 Å². The number of halogens is 1. The Morgan fingerprint density at radius 1 is 1.38 bits per heavy atom. The van der Waals surface area contributed by atoms with E-state index in [4.69, 9.17) is 9.15 Å². The number of nitrogens with zero attached hydrogens (tertiary/aromatic N) is 3. The van der Waals surface area contributed by atoms with Gasteiger partial charge in [0.25, 0.3) is 0 Å². The van der Waals surface area contributed by atoms with Gasteiger partial charge in [0.05, 0.1) is 5.92 Å². The Kier molecular flexibility index (Phi) is 4.62. The zero-order chi connectivity index (χ0) is 17.3. The molecule has 1 aromatic heterocycles. The molecule has 1 aromatic carbocycles. The number of hydrogen-bond donors (Lipinski definition) is 0. The van der Waals surface area contributed by atoms with Crippen LogP contribution in [0.25, 0.3) is 11.5 Å². The summed E-state index contributed by atoms with van der Waals surface area (Å²) in [6.07, 6.45) is 0.496. The van der Waals surface area contributed by atoms with Crippen molar-refractivity contribution in [2.75, 3.05) is 13.1 Å². The average Bonchev–Trinajstić information content (AvgIpc) is 3.15. The number of aromatic nitrogens is 2. The molecule has 6 nitrogen and oxygen atoms in total. The summed E-state index contributed by atoms with van der Waals surface area (Å²) in [6, 6.07) is 7.71. The van der Waals surface area contributed by atoms with Crippen LogP contribution >= 0.6 is 15.9 Å². The van der Waals surface area contributed by atoms with Gasteiger partial charge in [-0.3, -0.25) is 0 Å². The van der Waals surface area contributed by atoms with E-state index in [-0.39, 0.29) is 12.0 Å². The summed E-state index contributed by atoms with van der Waals surface area (Å²) in [5, 5.41) is 8.29. The fourth-order valence-corrected chi connectivity index (χ4v) is 2.99. The van der Waals surface area contributed by atoms with Crippen molar-refractivity contribution in [2.45, 2.75) is 38.7 Å². The SMILES string of the molecule is CC(C)(C)OC(=O)N1CCC(c2nnc(-c3cccc(Br)c3)o2)C1. The summed E-state index contributed by atoms with van der Waals surface area (Å²) >= 11 is 3.43. The minimum absolute atomic E-state index is 0.0471. The summed E-state index contributed by atoms with van der Waals surface area (Å²) in [6.45, 7) is 6.76. The molecule has 3 rings (SSSR count). The van der Waals surface area contributed by atoms with Crippen molar-refractivity contribution < 1.29 is 13.9 Å². The van der Waals surface area contributed by atoms with Crippen molar-refractivity contribution in [2.24, 2.45) is 0 Å². The second kappa shape index (κ2) is 6.55. The van der Waals surface area contributed by atoms with Crippen molar-refractivity contribution in [3.05, 3.63) is 34.6 Å². The zero-order valence-electron chi connectivity index (χ0n) is 14.0. The van der Waals surface area contributed by atoms with Gasteiger partial charge in [-0.15, -0.1) is 10.2 Å². The Labute approximate surface area is 149 Å². The highest BCUT2D eigenvalue weighted by atomic mass is 79.9. The number of carbonyl (C=O) groups is 1. The lowest BCUT2D eigenvalue weighted by molar-refractivity contribution is 0.0291. The lowest BCUT2D eigenvalue weighted by atomic mass is 10.1. The van der Waals surface area contributed by atoms with Gasteiger partial charge < -0.3 is 14.1 Å². The molecule has 0 radical (unpaired) electrons. The van der Waals surface area contributed by atoms with Crippen LogP contribution in [0.2, 0.25) is 0 Å². The highest BCUT2D eigenvalue weighted by Gasteiger charge is 2.33. The predicted molar refractivity (Wildman–Crippen MR) is 92.6 cm³/mol. The summed E-state index contributed by atoms with van der Waals surface area (Å²) < 4.78 is 12.2. The first-order valence-electron chi connectivity index (χ1n) is 7.89. The molecule has 2 aromatic rings.